The number of aliphatic hydroxyl groups is 1. The zero-order valence-corrected chi connectivity index (χ0v) is 13.8. The van der Waals surface area contributed by atoms with Crippen LogP contribution in [0, 0.1) is 11.6 Å². The van der Waals surface area contributed by atoms with E-state index in [0.717, 1.165) is 12.1 Å². The van der Waals surface area contributed by atoms with E-state index in [0.29, 0.717) is 10.6 Å². The quantitative estimate of drug-likeness (QED) is 0.751. The SMILES string of the molecule is C=C(c1ccc(Cl)cc1)C(O)(Cn1cncn1)c1ccc(F)cc1F. The Morgan fingerprint density at radius 3 is 2.52 bits per heavy atom. The monoisotopic (exact) mass is 361 g/mol. The van der Waals surface area contributed by atoms with Crippen molar-refractivity contribution in [2.75, 3.05) is 0 Å². The Balaban J connectivity index is 2.10. The van der Waals surface area contributed by atoms with Gasteiger partial charge in [0.2, 0.25) is 0 Å². The predicted molar refractivity (Wildman–Crippen MR) is 90.8 cm³/mol. The van der Waals surface area contributed by atoms with Gasteiger partial charge in [0.05, 0.1) is 6.54 Å². The van der Waals surface area contributed by atoms with Crippen molar-refractivity contribution in [3.8, 4) is 0 Å². The van der Waals surface area contributed by atoms with E-state index in [1.807, 2.05) is 0 Å². The molecule has 25 heavy (non-hydrogen) atoms. The summed E-state index contributed by atoms with van der Waals surface area (Å²) in [4.78, 5) is 3.82. The number of rotatable bonds is 5. The van der Waals surface area contributed by atoms with Crippen LogP contribution in [0.4, 0.5) is 8.78 Å². The summed E-state index contributed by atoms with van der Waals surface area (Å²) in [6, 6.07) is 9.61. The maximum atomic E-state index is 14.4. The molecule has 0 saturated carbocycles. The lowest BCUT2D eigenvalue weighted by atomic mass is 9.82. The first-order valence-electron chi connectivity index (χ1n) is 7.36. The largest absolute Gasteiger partial charge is 0.378 e. The minimum Gasteiger partial charge on any atom is -0.378 e. The smallest absolute Gasteiger partial charge is 0.137 e. The molecular weight excluding hydrogens is 348 g/mol. The van der Waals surface area contributed by atoms with Crippen LogP contribution < -0.4 is 0 Å². The van der Waals surface area contributed by atoms with Gasteiger partial charge in [0.1, 0.15) is 29.9 Å². The highest BCUT2D eigenvalue weighted by atomic mass is 35.5. The third kappa shape index (κ3) is 3.45. The molecule has 0 bridgehead atoms. The Labute approximate surface area is 148 Å². The van der Waals surface area contributed by atoms with Crippen LogP contribution in [0.3, 0.4) is 0 Å². The van der Waals surface area contributed by atoms with Crippen LogP contribution in [-0.4, -0.2) is 19.9 Å². The molecule has 0 radical (unpaired) electrons. The fourth-order valence-electron chi connectivity index (χ4n) is 2.61. The van der Waals surface area contributed by atoms with Crippen molar-refractivity contribution < 1.29 is 13.9 Å². The normalized spacial score (nSPS) is 13.4. The van der Waals surface area contributed by atoms with E-state index in [2.05, 4.69) is 16.7 Å². The predicted octanol–water partition coefficient (Wildman–Crippen LogP) is 3.81. The summed E-state index contributed by atoms with van der Waals surface area (Å²) in [6.45, 7) is 3.79. The van der Waals surface area contributed by atoms with E-state index < -0.39 is 17.2 Å². The molecule has 128 valence electrons. The highest BCUT2D eigenvalue weighted by Gasteiger charge is 2.37. The van der Waals surface area contributed by atoms with Crippen LogP contribution in [0.1, 0.15) is 11.1 Å². The zero-order chi connectivity index (χ0) is 18.0. The molecule has 0 fully saturated rings. The van der Waals surface area contributed by atoms with E-state index in [-0.39, 0.29) is 17.7 Å². The lowest BCUT2D eigenvalue weighted by Gasteiger charge is -2.31. The molecule has 3 rings (SSSR count). The minimum atomic E-state index is -1.86. The molecule has 3 aromatic rings. The van der Waals surface area contributed by atoms with Crippen LogP contribution in [-0.2, 0) is 12.1 Å². The molecule has 1 heterocycles. The second-order valence-corrected chi connectivity index (χ2v) is 6.00. The maximum absolute atomic E-state index is 14.4. The number of benzene rings is 2. The summed E-state index contributed by atoms with van der Waals surface area (Å²) in [7, 11) is 0. The van der Waals surface area contributed by atoms with Crippen molar-refractivity contribution in [2.24, 2.45) is 0 Å². The van der Waals surface area contributed by atoms with Gasteiger partial charge in [-0.1, -0.05) is 30.3 Å². The van der Waals surface area contributed by atoms with Crippen molar-refractivity contribution in [3.63, 3.8) is 0 Å². The number of nitrogens with zero attached hydrogens (tertiary/aromatic N) is 3. The molecule has 1 aromatic heterocycles. The molecule has 0 aliphatic carbocycles. The fraction of sp³-hybridized carbons (Fsp3) is 0.111. The summed E-state index contributed by atoms with van der Waals surface area (Å²) >= 11 is 5.89. The van der Waals surface area contributed by atoms with Crippen LogP contribution in [0.2, 0.25) is 5.02 Å². The van der Waals surface area contributed by atoms with Gasteiger partial charge in [-0.05, 0) is 35.4 Å². The van der Waals surface area contributed by atoms with Crippen molar-refractivity contribution in [1.82, 2.24) is 14.8 Å². The van der Waals surface area contributed by atoms with Crippen LogP contribution in [0.15, 0.2) is 61.7 Å². The first-order chi connectivity index (χ1) is 11.9. The van der Waals surface area contributed by atoms with Crippen LogP contribution >= 0.6 is 11.6 Å². The van der Waals surface area contributed by atoms with Gasteiger partial charge < -0.3 is 5.11 Å². The average Bonchev–Trinajstić information content (AvgIpc) is 3.07. The lowest BCUT2D eigenvalue weighted by molar-refractivity contribution is 0.0726. The molecular formula is C18H14ClF2N3O. The Morgan fingerprint density at radius 1 is 1.20 bits per heavy atom. The van der Waals surface area contributed by atoms with Gasteiger partial charge in [-0.3, -0.25) is 0 Å². The maximum Gasteiger partial charge on any atom is 0.137 e. The van der Waals surface area contributed by atoms with Gasteiger partial charge in [0, 0.05) is 16.7 Å². The van der Waals surface area contributed by atoms with Crippen molar-refractivity contribution in [3.05, 3.63) is 89.5 Å². The third-order valence-electron chi connectivity index (χ3n) is 3.93. The van der Waals surface area contributed by atoms with Gasteiger partial charge in [-0.2, -0.15) is 5.10 Å². The molecule has 0 amide bonds. The average molecular weight is 362 g/mol. The summed E-state index contributed by atoms with van der Waals surface area (Å²) in [5, 5.41) is 15.8. The van der Waals surface area contributed by atoms with Crippen LogP contribution in [0.25, 0.3) is 5.57 Å². The summed E-state index contributed by atoms with van der Waals surface area (Å²) in [5.74, 6) is -1.61. The molecule has 0 spiro atoms. The minimum absolute atomic E-state index is 0.107. The summed E-state index contributed by atoms with van der Waals surface area (Å²) < 4.78 is 29.1. The Hall–Kier alpha value is -2.57. The lowest BCUT2D eigenvalue weighted by Crippen LogP contribution is -2.34. The number of hydrogen-bond acceptors (Lipinski definition) is 3. The third-order valence-corrected chi connectivity index (χ3v) is 4.18. The zero-order valence-electron chi connectivity index (χ0n) is 13.0. The summed E-state index contributed by atoms with van der Waals surface area (Å²) in [5.41, 5.74) is -1.18. The second kappa shape index (κ2) is 6.74. The van der Waals surface area contributed by atoms with Gasteiger partial charge in [0.15, 0.2) is 0 Å². The van der Waals surface area contributed by atoms with E-state index in [4.69, 9.17) is 11.6 Å². The molecule has 1 unspecified atom stereocenters. The van der Waals surface area contributed by atoms with E-state index >= 15 is 0 Å². The Bertz CT molecular complexity index is 897. The van der Waals surface area contributed by atoms with Crippen molar-refractivity contribution >= 4 is 17.2 Å². The molecule has 7 heteroatoms. The highest BCUT2D eigenvalue weighted by molar-refractivity contribution is 6.30. The standard InChI is InChI=1S/C18H14ClF2N3O/c1-12(13-2-4-14(19)5-3-13)18(25,9-24-11-22-10-23-24)16-7-6-15(20)8-17(16)21/h2-8,10-11,25H,1,9H2. The first-order valence-corrected chi connectivity index (χ1v) is 7.73. The van der Waals surface area contributed by atoms with Gasteiger partial charge in [-0.15, -0.1) is 0 Å². The highest BCUT2D eigenvalue weighted by Crippen LogP contribution is 2.38. The molecule has 1 N–H and O–H groups in total. The Morgan fingerprint density at radius 2 is 1.92 bits per heavy atom. The van der Waals surface area contributed by atoms with E-state index in [9.17, 15) is 13.9 Å². The number of aromatic nitrogens is 3. The van der Waals surface area contributed by atoms with Gasteiger partial charge in [-0.25, -0.2) is 18.4 Å². The first kappa shape index (κ1) is 17.3. The van der Waals surface area contributed by atoms with Crippen molar-refractivity contribution in [1.29, 1.82) is 0 Å². The number of halogens is 3. The molecule has 1 atom stereocenters. The second-order valence-electron chi connectivity index (χ2n) is 5.56. The van der Waals surface area contributed by atoms with Gasteiger partial charge in [0.25, 0.3) is 0 Å². The van der Waals surface area contributed by atoms with E-state index in [1.54, 1.807) is 24.3 Å². The van der Waals surface area contributed by atoms with Crippen molar-refractivity contribution in [2.45, 2.75) is 12.1 Å². The van der Waals surface area contributed by atoms with Crippen LogP contribution in [0.5, 0.6) is 0 Å². The molecule has 2 aromatic carbocycles. The van der Waals surface area contributed by atoms with Gasteiger partial charge >= 0.3 is 0 Å². The molecule has 0 saturated heterocycles. The van der Waals surface area contributed by atoms with E-state index in [1.165, 1.54) is 23.4 Å². The number of hydrogen-bond donors (Lipinski definition) is 1. The Kier molecular flexibility index (Phi) is 4.65. The summed E-state index contributed by atoms with van der Waals surface area (Å²) in [6.07, 6.45) is 2.69. The molecule has 0 aliphatic rings. The molecule has 0 aliphatic heterocycles. The molecule has 4 nitrogen and oxygen atoms in total. The fourth-order valence-corrected chi connectivity index (χ4v) is 2.73. The topological polar surface area (TPSA) is 50.9 Å².